The second-order valence-electron chi connectivity index (χ2n) is 3.18. The van der Waals surface area contributed by atoms with Crippen LogP contribution in [0.2, 0.25) is 0 Å². The van der Waals surface area contributed by atoms with Gasteiger partial charge in [-0.05, 0) is 0 Å². The highest BCUT2D eigenvalue weighted by Gasteiger charge is 2.34. The number of hydrogen-bond acceptors (Lipinski definition) is 3. The molecule has 1 N–H and O–H groups in total. The molecule has 2 aromatic heterocycles. The Balaban J connectivity index is 2.56. The SMILES string of the molecule is C#CCNc1cc(C(F)(F)F)n2nccc2n1. The lowest BCUT2D eigenvalue weighted by Gasteiger charge is -2.10. The fourth-order valence-electron chi connectivity index (χ4n) is 1.35. The average Bonchev–Trinajstić information content (AvgIpc) is 2.71. The van der Waals surface area contributed by atoms with Crippen molar-refractivity contribution < 1.29 is 13.2 Å². The van der Waals surface area contributed by atoms with Gasteiger partial charge in [0.2, 0.25) is 0 Å². The van der Waals surface area contributed by atoms with E-state index in [0.29, 0.717) is 0 Å². The molecular weight excluding hydrogens is 233 g/mol. The Kier molecular flexibility index (Phi) is 2.63. The van der Waals surface area contributed by atoms with Crippen LogP contribution >= 0.6 is 0 Å². The van der Waals surface area contributed by atoms with Crippen LogP contribution in [0.15, 0.2) is 18.3 Å². The Hall–Kier alpha value is -2.23. The van der Waals surface area contributed by atoms with Crippen LogP contribution in [-0.2, 0) is 6.18 Å². The van der Waals surface area contributed by atoms with Gasteiger partial charge in [0.05, 0.1) is 12.7 Å². The average molecular weight is 240 g/mol. The fourth-order valence-corrected chi connectivity index (χ4v) is 1.35. The number of alkyl halides is 3. The molecule has 0 aliphatic rings. The molecule has 0 atom stereocenters. The molecule has 0 bridgehead atoms. The summed E-state index contributed by atoms with van der Waals surface area (Å²) in [7, 11) is 0. The summed E-state index contributed by atoms with van der Waals surface area (Å²) < 4.78 is 39.0. The van der Waals surface area contributed by atoms with Crippen LogP contribution in [0.4, 0.5) is 19.0 Å². The molecule has 0 aromatic carbocycles. The van der Waals surface area contributed by atoms with Crippen LogP contribution in [0.3, 0.4) is 0 Å². The number of aromatic nitrogens is 3. The highest BCUT2D eigenvalue weighted by atomic mass is 19.4. The molecule has 0 aliphatic heterocycles. The van der Waals surface area contributed by atoms with Crippen LogP contribution in [0.25, 0.3) is 5.65 Å². The maximum atomic E-state index is 12.7. The molecule has 7 heteroatoms. The Morgan fingerprint density at radius 2 is 2.24 bits per heavy atom. The number of hydrogen-bond donors (Lipinski definition) is 1. The number of terminal acetylenes is 1. The van der Waals surface area contributed by atoms with Gasteiger partial charge in [-0.15, -0.1) is 6.42 Å². The Labute approximate surface area is 94.5 Å². The van der Waals surface area contributed by atoms with E-state index < -0.39 is 11.9 Å². The van der Waals surface area contributed by atoms with Gasteiger partial charge in [0.15, 0.2) is 11.3 Å². The van der Waals surface area contributed by atoms with Gasteiger partial charge in [-0.3, -0.25) is 0 Å². The van der Waals surface area contributed by atoms with Crippen molar-refractivity contribution in [1.29, 1.82) is 0 Å². The van der Waals surface area contributed by atoms with Crippen molar-refractivity contribution in [3.8, 4) is 12.3 Å². The molecule has 0 unspecified atom stereocenters. The molecule has 2 heterocycles. The lowest BCUT2D eigenvalue weighted by molar-refractivity contribution is -0.142. The molecule has 0 amide bonds. The zero-order valence-corrected chi connectivity index (χ0v) is 8.49. The van der Waals surface area contributed by atoms with E-state index in [4.69, 9.17) is 6.42 Å². The summed E-state index contributed by atoms with van der Waals surface area (Å²) in [6.45, 7) is 0.106. The maximum Gasteiger partial charge on any atom is 0.433 e. The smallest absolute Gasteiger partial charge is 0.359 e. The standard InChI is InChI=1S/C10H7F3N4/c1-2-4-14-8-6-7(10(11,12)13)17-9(16-8)3-5-15-17/h1,3,5-6H,4H2,(H,14,16). The van der Waals surface area contributed by atoms with Crippen LogP contribution in [0.1, 0.15) is 5.69 Å². The predicted molar refractivity (Wildman–Crippen MR) is 55.3 cm³/mol. The molecule has 88 valence electrons. The second kappa shape index (κ2) is 3.97. The quantitative estimate of drug-likeness (QED) is 0.814. The van der Waals surface area contributed by atoms with E-state index in [1.165, 1.54) is 12.3 Å². The third-order valence-electron chi connectivity index (χ3n) is 2.02. The molecule has 0 saturated carbocycles. The fraction of sp³-hybridized carbons (Fsp3) is 0.200. The van der Waals surface area contributed by atoms with Gasteiger partial charge in [0, 0.05) is 12.1 Å². The van der Waals surface area contributed by atoms with Crippen molar-refractivity contribution >= 4 is 11.5 Å². The van der Waals surface area contributed by atoms with Crippen LogP contribution in [0, 0.1) is 12.3 Å². The van der Waals surface area contributed by atoms with Gasteiger partial charge >= 0.3 is 6.18 Å². The summed E-state index contributed by atoms with van der Waals surface area (Å²) in [5.74, 6) is 2.33. The Bertz CT molecular complexity index is 579. The minimum absolute atomic E-state index is 0.0725. The number of fused-ring (bicyclic) bond motifs is 1. The summed E-state index contributed by atoms with van der Waals surface area (Å²) >= 11 is 0. The lowest BCUT2D eigenvalue weighted by atomic mass is 10.3. The van der Waals surface area contributed by atoms with Gasteiger partial charge < -0.3 is 5.32 Å². The monoisotopic (exact) mass is 240 g/mol. The lowest BCUT2D eigenvalue weighted by Crippen LogP contribution is -2.14. The minimum Gasteiger partial charge on any atom is -0.359 e. The first-order valence-electron chi connectivity index (χ1n) is 4.61. The first-order chi connectivity index (χ1) is 8.02. The normalized spacial score (nSPS) is 11.4. The third kappa shape index (κ3) is 2.15. The maximum absolute atomic E-state index is 12.7. The number of rotatable bonds is 2. The van der Waals surface area contributed by atoms with Crippen molar-refractivity contribution in [2.24, 2.45) is 0 Å². The van der Waals surface area contributed by atoms with Crippen LogP contribution in [0.5, 0.6) is 0 Å². The summed E-state index contributed by atoms with van der Waals surface area (Å²) in [5.41, 5.74) is -0.786. The van der Waals surface area contributed by atoms with Crippen molar-refractivity contribution in [2.75, 3.05) is 11.9 Å². The summed E-state index contributed by atoms with van der Waals surface area (Å²) in [6, 6.07) is 2.26. The molecule has 2 aromatic rings. The van der Waals surface area contributed by atoms with E-state index in [1.807, 2.05) is 0 Å². The van der Waals surface area contributed by atoms with E-state index in [9.17, 15) is 13.2 Å². The number of nitrogens with zero attached hydrogens (tertiary/aromatic N) is 3. The number of nitrogens with one attached hydrogen (secondary N) is 1. The van der Waals surface area contributed by atoms with Crippen LogP contribution < -0.4 is 5.32 Å². The molecule has 4 nitrogen and oxygen atoms in total. The Morgan fingerprint density at radius 3 is 2.88 bits per heavy atom. The molecule has 0 fully saturated rings. The van der Waals surface area contributed by atoms with Crippen molar-refractivity contribution in [1.82, 2.24) is 14.6 Å². The second-order valence-corrected chi connectivity index (χ2v) is 3.18. The van der Waals surface area contributed by atoms with Gasteiger partial charge in [-0.1, -0.05) is 5.92 Å². The van der Waals surface area contributed by atoms with Crippen molar-refractivity contribution in [2.45, 2.75) is 6.18 Å². The molecule has 0 saturated heterocycles. The highest BCUT2D eigenvalue weighted by molar-refractivity contribution is 5.49. The predicted octanol–water partition coefficient (Wildman–Crippen LogP) is 1.79. The van der Waals surface area contributed by atoms with E-state index >= 15 is 0 Å². The van der Waals surface area contributed by atoms with Gasteiger partial charge in [-0.25, -0.2) is 9.50 Å². The number of halogens is 3. The van der Waals surface area contributed by atoms with Gasteiger partial charge in [-0.2, -0.15) is 18.3 Å². The van der Waals surface area contributed by atoms with Crippen LogP contribution in [-0.4, -0.2) is 21.1 Å². The molecule has 17 heavy (non-hydrogen) atoms. The van der Waals surface area contributed by atoms with Crippen molar-refractivity contribution in [3.63, 3.8) is 0 Å². The zero-order chi connectivity index (χ0) is 12.5. The highest BCUT2D eigenvalue weighted by Crippen LogP contribution is 2.30. The van der Waals surface area contributed by atoms with E-state index in [2.05, 4.69) is 21.3 Å². The van der Waals surface area contributed by atoms with Gasteiger partial charge in [0.1, 0.15) is 5.82 Å². The molecule has 0 aliphatic carbocycles. The van der Waals surface area contributed by atoms with Gasteiger partial charge in [0.25, 0.3) is 0 Å². The topological polar surface area (TPSA) is 42.2 Å². The summed E-state index contributed by atoms with van der Waals surface area (Å²) in [5, 5.41) is 6.17. The Morgan fingerprint density at radius 1 is 1.47 bits per heavy atom. The largest absolute Gasteiger partial charge is 0.433 e. The first kappa shape index (κ1) is 11.3. The zero-order valence-electron chi connectivity index (χ0n) is 8.49. The third-order valence-corrected chi connectivity index (χ3v) is 2.02. The molecular formula is C10H7F3N4. The number of anilines is 1. The molecule has 2 rings (SSSR count). The van der Waals surface area contributed by atoms with E-state index in [-0.39, 0.29) is 18.0 Å². The first-order valence-corrected chi connectivity index (χ1v) is 4.61. The van der Waals surface area contributed by atoms with E-state index in [1.54, 1.807) is 0 Å². The van der Waals surface area contributed by atoms with Crippen molar-refractivity contribution in [3.05, 3.63) is 24.0 Å². The van der Waals surface area contributed by atoms with E-state index in [0.717, 1.165) is 10.6 Å². The summed E-state index contributed by atoms with van der Waals surface area (Å²) in [6.07, 6.45) is 1.77. The molecule has 0 radical (unpaired) electrons. The minimum atomic E-state index is -4.50. The summed E-state index contributed by atoms with van der Waals surface area (Å²) in [4.78, 5) is 3.94. The molecule has 0 spiro atoms.